The second-order valence-corrected chi connectivity index (χ2v) is 2.19. The number of aliphatic imine (C=N–C) groups is 1. The first-order chi connectivity index (χ1) is 4.89. The molecule has 1 aliphatic rings. The molecule has 2 nitrogen and oxygen atoms in total. The first kappa shape index (κ1) is 7.06. The molecule has 1 N–H and O–H groups in total. The Morgan fingerprint density at radius 2 is 2.40 bits per heavy atom. The molecule has 0 unspecified atom stereocenters. The molecule has 54 valence electrons. The molecule has 0 atom stereocenters. The molecule has 1 aliphatic heterocycles. The molecule has 0 radical (unpaired) electrons. The van der Waals surface area contributed by atoms with Crippen molar-refractivity contribution >= 4 is 5.84 Å². The molecule has 0 aromatic heterocycles. The standard InChI is InChI=1S/C8H12N2/c1-8-9-6-4-2-3-5-7-10-8/h2-4,6H,5,7H2,1H3,(H,9,10)/b3-2+,6-4-. The Bertz CT molecular complexity index is 178. The highest BCUT2D eigenvalue weighted by atomic mass is 15.0. The van der Waals surface area contributed by atoms with Crippen LogP contribution in [-0.4, -0.2) is 12.4 Å². The predicted molar refractivity (Wildman–Crippen MR) is 44.0 cm³/mol. The lowest BCUT2D eigenvalue weighted by molar-refractivity contribution is 0.992. The van der Waals surface area contributed by atoms with Gasteiger partial charge in [0, 0.05) is 12.7 Å². The van der Waals surface area contributed by atoms with Crippen LogP contribution in [0.5, 0.6) is 0 Å². The molecule has 10 heavy (non-hydrogen) atoms. The first-order valence-corrected chi connectivity index (χ1v) is 3.49. The molecule has 2 heteroatoms. The van der Waals surface area contributed by atoms with Crippen molar-refractivity contribution < 1.29 is 0 Å². The van der Waals surface area contributed by atoms with Gasteiger partial charge in [-0.3, -0.25) is 4.99 Å². The summed E-state index contributed by atoms with van der Waals surface area (Å²) in [6, 6.07) is 0. The van der Waals surface area contributed by atoms with Crippen LogP contribution in [0.2, 0.25) is 0 Å². The van der Waals surface area contributed by atoms with Gasteiger partial charge in [0.25, 0.3) is 0 Å². The van der Waals surface area contributed by atoms with Crippen molar-refractivity contribution in [1.29, 1.82) is 0 Å². The van der Waals surface area contributed by atoms with Gasteiger partial charge in [-0.1, -0.05) is 12.2 Å². The third kappa shape index (κ3) is 2.49. The molecule has 1 heterocycles. The summed E-state index contributed by atoms with van der Waals surface area (Å²) in [5, 5.41) is 3.04. The topological polar surface area (TPSA) is 24.4 Å². The monoisotopic (exact) mass is 136 g/mol. The van der Waals surface area contributed by atoms with Crippen LogP contribution in [0.25, 0.3) is 0 Å². The lowest BCUT2D eigenvalue weighted by Gasteiger charge is -1.95. The molecular weight excluding hydrogens is 124 g/mol. The van der Waals surface area contributed by atoms with Gasteiger partial charge in [0.1, 0.15) is 0 Å². The Balaban J connectivity index is 2.54. The molecule has 0 aliphatic carbocycles. The molecule has 0 saturated carbocycles. The average Bonchev–Trinajstić information content (AvgIpc) is 2.02. The summed E-state index contributed by atoms with van der Waals surface area (Å²) >= 11 is 0. The molecule has 0 fully saturated rings. The van der Waals surface area contributed by atoms with E-state index in [9.17, 15) is 0 Å². The normalized spacial score (nSPS) is 24.7. The van der Waals surface area contributed by atoms with Gasteiger partial charge < -0.3 is 5.32 Å². The van der Waals surface area contributed by atoms with Crippen molar-refractivity contribution in [2.45, 2.75) is 13.3 Å². The maximum Gasteiger partial charge on any atom is 0.0971 e. The van der Waals surface area contributed by atoms with E-state index in [0.717, 1.165) is 18.8 Å². The summed E-state index contributed by atoms with van der Waals surface area (Å²) < 4.78 is 0. The van der Waals surface area contributed by atoms with E-state index in [1.54, 1.807) is 0 Å². The minimum absolute atomic E-state index is 0.886. The van der Waals surface area contributed by atoms with Crippen LogP contribution in [0.3, 0.4) is 0 Å². The van der Waals surface area contributed by atoms with Gasteiger partial charge in [-0.15, -0.1) is 0 Å². The molecule has 0 amide bonds. The summed E-state index contributed by atoms with van der Waals surface area (Å²) in [5.41, 5.74) is 0. The zero-order valence-electron chi connectivity index (χ0n) is 6.17. The number of hydrogen-bond acceptors (Lipinski definition) is 2. The molecule has 0 saturated heterocycles. The lowest BCUT2D eigenvalue weighted by Crippen LogP contribution is -2.12. The van der Waals surface area contributed by atoms with Crippen molar-refractivity contribution in [1.82, 2.24) is 5.32 Å². The smallest absolute Gasteiger partial charge is 0.0971 e. The minimum atomic E-state index is 0.886. The van der Waals surface area contributed by atoms with Crippen LogP contribution in [0, 0.1) is 0 Å². The predicted octanol–water partition coefficient (Wildman–Crippen LogP) is 1.47. The van der Waals surface area contributed by atoms with Gasteiger partial charge in [0.15, 0.2) is 0 Å². The number of hydrogen-bond donors (Lipinski definition) is 1. The maximum atomic E-state index is 4.25. The van der Waals surface area contributed by atoms with E-state index < -0.39 is 0 Å². The highest BCUT2D eigenvalue weighted by Crippen LogP contribution is 1.88. The SMILES string of the molecule is CC1=NCC/C=C/C=C\N1. The first-order valence-electron chi connectivity index (χ1n) is 3.49. The fourth-order valence-corrected chi connectivity index (χ4v) is 0.751. The summed E-state index contributed by atoms with van der Waals surface area (Å²) in [7, 11) is 0. The quantitative estimate of drug-likeness (QED) is 0.535. The fourth-order valence-electron chi connectivity index (χ4n) is 0.751. The number of allylic oxidation sites excluding steroid dienone is 2. The highest BCUT2D eigenvalue weighted by Gasteiger charge is 1.85. The minimum Gasteiger partial charge on any atom is -0.351 e. The molecule has 1 rings (SSSR count). The molecular formula is C8H12N2. The van der Waals surface area contributed by atoms with Gasteiger partial charge in [0.05, 0.1) is 5.84 Å². The van der Waals surface area contributed by atoms with Gasteiger partial charge in [0.2, 0.25) is 0 Å². The number of nitrogens with zero attached hydrogens (tertiary/aromatic N) is 1. The van der Waals surface area contributed by atoms with Gasteiger partial charge in [-0.2, -0.15) is 0 Å². The van der Waals surface area contributed by atoms with Crippen molar-refractivity contribution in [2.24, 2.45) is 4.99 Å². The Labute approximate surface area is 61.4 Å². The summed E-state index contributed by atoms with van der Waals surface area (Å²) in [4.78, 5) is 4.25. The third-order valence-corrected chi connectivity index (χ3v) is 1.28. The molecule has 0 spiro atoms. The Hall–Kier alpha value is -1.05. The van der Waals surface area contributed by atoms with Crippen molar-refractivity contribution in [2.75, 3.05) is 6.54 Å². The average molecular weight is 136 g/mol. The lowest BCUT2D eigenvalue weighted by atomic mass is 10.4. The Kier molecular flexibility index (Phi) is 2.74. The van der Waals surface area contributed by atoms with Crippen LogP contribution in [-0.2, 0) is 0 Å². The van der Waals surface area contributed by atoms with E-state index in [1.807, 2.05) is 25.3 Å². The summed E-state index contributed by atoms with van der Waals surface area (Å²) in [5.74, 6) is 0.986. The van der Waals surface area contributed by atoms with Gasteiger partial charge in [-0.25, -0.2) is 0 Å². The van der Waals surface area contributed by atoms with E-state index in [2.05, 4.69) is 16.4 Å². The zero-order chi connectivity index (χ0) is 7.23. The van der Waals surface area contributed by atoms with Crippen LogP contribution in [0.15, 0.2) is 29.4 Å². The molecule has 0 bridgehead atoms. The van der Waals surface area contributed by atoms with E-state index in [4.69, 9.17) is 0 Å². The van der Waals surface area contributed by atoms with Crippen LogP contribution in [0.4, 0.5) is 0 Å². The van der Waals surface area contributed by atoms with Crippen LogP contribution in [0.1, 0.15) is 13.3 Å². The van der Waals surface area contributed by atoms with Gasteiger partial charge in [-0.05, 0) is 19.4 Å². The Morgan fingerprint density at radius 3 is 3.30 bits per heavy atom. The summed E-state index contributed by atoms with van der Waals surface area (Å²) in [6.45, 7) is 2.85. The van der Waals surface area contributed by atoms with Gasteiger partial charge >= 0.3 is 0 Å². The third-order valence-electron chi connectivity index (χ3n) is 1.28. The van der Waals surface area contributed by atoms with Crippen molar-refractivity contribution in [3.63, 3.8) is 0 Å². The van der Waals surface area contributed by atoms with E-state index >= 15 is 0 Å². The van der Waals surface area contributed by atoms with E-state index in [0.29, 0.717) is 0 Å². The number of rotatable bonds is 0. The van der Waals surface area contributed by atoms with Crippen molar-refractivity contribution in [3.05, 3.63) is 24.4 Å². The van der Waals surface area contributed by atoms with Crippen molar-refractivity contribution in [3.8, 4) is 0 Å². The summed E-state index contributed by atoms with van der Waals surface area (Å²) in [6.07, 6.45) is 9.04. The second kappa shape index (κ2) is 3.88. The van der Waals surface area contributed by atoms with E-state index in [1.165, 1.54) is 0 Å². The largest absolute Gasteiger partial charge is 0.351 e. The Morgan fingerprint density at radius 1 is 1.50 bits per heavy atom. The van der Waals surface area contributed by atoms with Crippen LogP contribution < -0.4 is 5.32 Å². The highest BCUT2D eigenvalue weighted by molar-refractivity contribution is 5.80. The number of amidine groups is 1. The number of nitrogens with one attached hydrogen (secondary N) is 1. The molecule has 0 aromatic carbocycles. The molecule has 0 aromatic rings. The maximum absolute atomic E-state index is 4.25. The second-order valence-electron chi connectivity index (χ2n) is 2.19. The van der Waals surface area contributed by atoms with E-state index in [-0.39, 0.29) is 0 Å². The zero-order valence-corrected chi connectivity index (χ0v) is 6.17. The van der Waals surface area contributed by atoms with Crippen LogP contribution >= 0.6 is 0 Å². The fraction of sp³-hybridized carbons (Fsp3) is 0.375.